The molecule has 1 heterocycles. The first-order valence-corrected chi connectivity index (χ1v) is 3.61. The molecule has 2 rings (SSSR count). The summed E-state index contributed by atoms with van der Waals surface area (Å²) >= 11 is 0. The Kier molecular flexibility index (Phi) is 1.72. The fourth-order valence-corrected chi connectivity index (χ4v) is 1.22. The second-order valence-corrected chi connectivity index (χ2v) is 2.72. The van der Waals surface area contributed by atoms with Gasteiger partial charge in [0.25, 0.3) is 0 Å². The molecule has 0 radical (unpaired) electrons. The molecule has 0 amide bonds. The molecule has 7 heteroatoms. The standard InChI is InChI=1S/C8HF3O4/c9-3-1-2(8(14)15-7(1)13)4(10)6(12)5(3)11/h12H. The highest BCUT2D eigenvalue weighted by Crippen LogP contribution is 2.33. The molecular weight excluding hydrogens is 217 g/mol. The van der Waals surface area contributed by atoms with Crippen molar-refractivity contribution in [3.05, 3.63) is 28.6 Å². The number of ether oxygens (including phenoxy) is 1. The van der Waals surface area contributed by atoms with E-state index in [1.807, 2.05) is 0 Å². The van der Waals surface area contributed by atoms with Crippen molar-refractivity contribution in [2.75, 3.05) is 0 Å². The van der Waals surface area contributed by atoms with Crippen LogP contribution in [0.4, 0.5) is 13.2 Å². The van der Waals surface area contributed by atoms with Gasteiger partial charge in [-0.25, -0.2) is 18.4 Å². The molecule has 1 aromatic carbocycles. The Morgan fingerprint density at radius 3 is 1.87 bits per heavy atom. The Morgan fingerprint density at radius 1 is 0.867 bits per heavy atom. The van der Waals surface area contributed by atoms with Crippen molar-refractivity contribution in [1.82, 2.24) is 0 Å². The summed E-state index contributed by atoms with van der Waals surface area (Å²) in [5, 5.41) is 8.75. The van der Waals surface area contributed by atoms with Gasteiger partial charge in [-0.15, -0.1) is 0 Å². The van der Waals surface area contributed by atoms with Crippen LogP contribution in [0.3, 0.4) is 0 Å². The summed E-state index contributed by atoms with van der Waals surface area (Å²) in [4.78, 5) is 21.6. The van der Waals surface area contributed by atoms with Crippen molar-refractivity contribution in [3.63, 3.8) is 0 Å². The number of benzene rings is 1. The Morgan fingerprint density at radius 2 is 1.33 bits per heavy atom. The highest BCUT2D eigenvalue weighted by molar-refractivity contribution is 6.15. The topological polar surface area (TPSA) is 63.6 Å². The minimum absolute atomic E-state index is 1.09. The highest BCUT2D eigenvalue weighted by Gasteiger charge is 2.40. The van der Waals surface area contributed by atoms with E-state index in [4.69, 9.17) is 5.11 Å². The minimum atomic E-state index is -1.93. The average molecular weight is 218 g/mol. The number of phenols is 1. The van der Waals surface area contributed by atoms with E-state index in [-0.39, 0.29) is 0 Å². The molecule has 0 aliphatic carbocycles. The average Bonchev–Trinajstić information content (AvgIpc) is 2.47. The number of hydrogen-bond acceptors (Lipinski definition) is 4. The lowest BCUT2D eigenvalue weighted by molar-refractivity contribution is 0.0440. The van der Waals surface area contributed by atoms with E-state index in [1.54, 1.807) is 0 Å². The summed E-state index contributed by atoms with van der Waals surface area (Å²) in [5.41, 5.74) is -2.22. The lowest BCUT2D eigenvalue weighted by atomic mass is 10.1. The minimum Gasteiger partial charge on any atom is -0.503 e. The van der Waals surface area contributed by atoms with Crippen molar-refractivity contribution in [2.24, 2.45) is 0 Å². The summed E-state index contributed by atoms with van der Waals surface area (Å²) in [5.74, 6) is -10.0. The molecule has 0 spiro atoms. The molecule has 0 atom stereocenters. The quantitative estimate of drug-likeness (QED) is 0.402. The predicted molar refractivity (Wildman–Crippen MR) is 37.7 cm³/mol. The van der Waals surface area contributed by atoms with Crippen LogP contribution in [0.5, 0.6) is 5.75 Å². The van der Waals surface area contributed by atoms with Crippen molar-refractivity contribution in [2.45, 2.75) is 0 Å². The predicted octanol–water partition coefficient (Wildman–Crippen LogP) is 1.12. The van der Waals surface area contributed by atoms with Gasteiger partial charge in [-0.3, -0.25) is 0 Å². The van der Waals surface area contributed by atoms with Gasteiger partial charge in [-0.1, -0.05) is 0 Å². The SMILES string of the molecule is O=C1OC(=O)c2c(F)c(F)c(O)c(F)c21. The van der Waals surface area contributed by atoms with Crippen molar-refractivity contribution < 1.29 is 32.6 Å². The molecule has 1 aliphatic rings. The molecule has 0 saturated carbocycles. The number of aromatic hydroxyl groups is 1. The first kappa shape index (κ1) is 9.50. The molecule has 1 aliphatic heterocycles. The van der Waals surface area contributed by atoms with Gasteiger partial charge in [0.05, 0.1) is 0 Å². The summed E-state index contributed by atoms with van der Waals surface area (Å²) in [6.07, 6.45) is 0. The van der Waals surface area contributed by atoms with Crippen molar-refractivity contribution in [3.8, 4) is 5.75 Å². The van der Waals surface area contributed by atoms with Crippen LogP contribution in [0.1, 0.15) is 20.7 Å². The van der Waals surface area contributed by atoms with E-state index in [2.05, 4.69) is 4.74 Å². The van der Waals surface area contributed by atoms with E-state index in [0.717, 1.165) is 0 Å². The fraction of sp³-hybridized carbons (Fsp3) is 0. The van der Waals surface area contributed by atoms with E-state index in [9.17, 15) is 22.8 Å². The summed E-state index contributed by atoms with van der Waals surface area (Å²) < 4.78 is 42.7. The maximum atomic E-state index is 13.1. The smallest absolute Gasteiger partial charge is 0.350 e. The molecule has 0 fully saturated rings. The Hall–Kier alpha value is -2.05. The molecule has 1 N–H and O–H groups in total. The van der Waals surface area contributed by atoms with Gasteiger partial charge < -0.3 is 9.84 Å². The number of carbonyl (C=O) groups is 2. The van der Waals surface area contributed by atoms with Crippen LogP contribution in [0.2, 0.25) is 0 Å². The van der Waals surface area contributed by atoms with Gasteiger partial charge in [0.2, 0.25) is 5.82 Å². The Labute approximate surface area is 79.9 Å². The first-order chi connectivity index (χ1) is 6.95. The summed E-state index contributed by atoms with van der Waals surface area (Å²) in [6, 6.07) is 0. The number of cyclic esters (lactones) is 2. The molecule has 4 nitrogen and oxygen atoms in total. The van der Waals surface area contributed by atoms with Crippen LogP contribution in [0.15, 0.2) is 0 Å². The van der Waals surface area contributed by atoms with Crippen LogP contribution >= 0.6 is 0 Å². The van der Waals surface area contributed by atoms with Crippen LogP contribution < -0.4 is 0 Å². The van der Waals surface area contributed by atoms with E-state index in [0.29, 0.717) is 0 Å². The van der Waals surface area contributed by atoms with Crippen LogP contribution in [-0.2, 0) is 4.74 Å². The zero-order valence-electron chi connectivity index (χ0n) is 6.81. The van der Waals surface area contributed by atoms with Gasteiger partial charge in [-0.05, 0) is 0 Å². The third-order valence-corrected chi connectivity index (χ3v) is 1.89. The number of fused-ring (bicyclic) bond motifs is 1. The zero-order valence-corrected chi connectivity index (χ0v) is 6.81. The van der Waals surface area contributed by atoms with Gasteiger partial charge in [0.15, 0.2) is 17.4 Å². The van der Waals surface area contributed by atoms with Gasteiger partial charge in [-0.2, -0.15) is 4.39 Å². The summed E-state index contributed by atoms with van der Waals surface area (Å²) in [7, 11) is 0. The molecule has 0 bridgehead atoms. The Balaban J connectivity index is 2.92. The first-order valence-electron chi connectivity index (χ1n) is 3.61. The van der Waals surface area contributed by atoms with E-state index >= 15 is 0 Å². The zero-order chi connectivity index (χ0) is 11.3. The normalized spacial score (nSPS) is 14.1. The van der Waals surface area contributed by atoms with Gasteiger partial charge in [0, 0.05) is 0 Å². The fourth-order valence-electron chi connectivity index (χ4n) is 1.22. The van der Waals surface area contributed by atoms with Crippen LogP contribution in [-0.4, -0.2) is 17.0 Å². The maximum absolute atomic E-state index is 13.1. The lowest BCUT2D eigenvalue weighted by Gasteiger charge is -2.01. The third kappa shape index (κ3) is 1.03. The van der Waals surface area contributed by atoms with Crippen molar-refractivity contribution >= 4 is 11.9 Å². The lowest BCUT2D eigenvalue weighted by Crippen LogP contribution is -2.04. The highest BCUT2D eigenvalue weighted by atomic mass is 19.2. The second kappa shape index (κ2) is 2.72. The molecular formula is C8HF3O4. The number of carbonyl (C=O) groups excluding carboxylic acids is 2. The number of esters is 2. The van der Waals surface area contributed by atoms with E-state index < -0.39 is 46.3 Å². The van der Waals surface area contributed by atoms with Gasteiger partial charge in [0.1, 0.15) is 11.1 Å². The van der Waals surface area contributed by atoms with Crippen LogP contribution in [0, 0.1) is 17.5 Å². The monoisotopic (exact) mass is 218 g/mol. The molecule has 0 saturated heterocycles. The molecule has 0 aromatic heterocycles. The van der Waals surface area contributed by atoms with Gasteiger partial charge >= 0.3 is 11.9 Å². The molecule has 15 heavy (non-hydrogen) atoms. The number of rotatable bonds is 0. The molecule has 0 unspecified atom stereocenters. The largest absolute Gasteiger partial charge is 0.503 e. The third-order valence-electron chi connectivity index (χ3n) is 1.89. The second-order valence-electron chi connectivity index (χ2n) is 2.72. The van der Waals surface area contributed by atoms with Crippen LogP contribution in [0.25, 0.3) is 0 Å². The van der Waals surface area contributed by atoms with Crippen molar-refractivity contribution in [1.29, 1.82) is 0 Å². The number of phenolic OH excluding ortho intramolecular Hbond substituents is 1. The Bertz CT molecular complexity index is 464. The number of halogens is 3. The summed E-state index contributed by atoms with van der Waals surface area (Å²) in [6.45, 7) is 0. The molecule has 1 aromatic rings. The maximum Gasteiger partial charge on any atom is 0.350 e. The molecule has 78 valence electrons. The van der Waals surface area contributed by atoms with E-state index in [1.165, 1.54) is 0 Å². The number of hydrogen-bond donors (Lipinski definition) is 1.